The van der Waals surface area contributed by atoms with Gasteiger partial charge in [-0.05, 0) is 12.8 Å². The first kappa shape index (κ1) is 6.74. The predicted octanol–water partition coefficient (Wildman–Crippen LogP) is 1.06. The van der Waals surface area contributed by atoms with Crippen LogP contribution in [0.1, 0.15) is 12.8 Å². The third kappa shape index (κ3) is 1.51. The lowest BCUT2D eigenvalue weighted by Gasteiger charge is -2.10. The summed E-state index contributed by atoms with van der Waals surface area (Å²) in [7, 11) is 0. The van der Waals surface area contributed by atoms with Crippen molar-refractivity contribution in [3.8, 4) is 0 Å². The summed E-state index contributed by atoms with van der Waals surface area (Å²) in [5.41, 5.74) is 0. The number of likely N-dealkylation sites (tertiary alicyclic amines) is 1. The Bertz CT molecular complexity index is 112. The highest BCUT2D eigenvalue weighted by Crippen LogP contribution is 2.08. The van der Waals surface area contributed by atoms with Gasteiger partial charge in [-0.3, -0.25) is 0 Å². The van der Waals surface area contributed by atoms with Crippen LogP contribution in [0.2, 0.25) is 0 Å². The fraction of sp³-hybridized carbons (Fsp3) is 0.800. The first-order chi connectivity index (χ1) is 4.34. The largest absolute Gasteiger partial charge is 0.421 e. The quantitative estimate of drug-likeness (QED) is 0.410. The number of hydrogen-bond donors (Lipinski definition) is 1. The summed E-state index contributed by atoms with van der Waals surface area (Å²) < 4.78 is 4.22. The van der Waals surface area contributed by atoms with Crippen molar-refractivity contribution >= 4 is 19.0 Å². The molecule has 1 aliphatic rings. The molecule has 0 bridgehead atoms. The van der Waals surface area contributed by atoms with Crippen molar-refractivity contribution in [2.24, 2.45) is 0 Å². The van der Waals surface area contributed by atoms with Crippen LogP contribution in [0.3, 0.4) is 0 Å². The zero-order valence-corrected chi connectivity index (χ0v) is 5.93. The maximum Gasteiger partial charge on any atom is 0.421 e. The highest BCUT2D eigenvalue weighted by Gasteiger charge is 2.17. The fourth-order valence-electron chi connectivity index (χ4n) is 0.957. The van der Waals surface area contributed by atoms with Gasteiger partial charge in [0, 0.05) is 26.0 Å². The number of amides is 1. The highest BCUT2D eigenvalue weighted by atomic mass is 32.1. The molecule has 0 aromatic rings. The van der Waals surface area contributed by atoms with Crippen molar-refractivity contribution in [2.75, 3.05) is 13.1 Å². The minimum absolute atomic E-state index is 0.323. The van der Waals surface area contributed by atoms with Gasteiger partial charge in [-0.15, -0.1) is 0 Å². The van der Waals surface area contributed by atoms with Gasteiger partial charge >= 0.3 is 6.09 Å². The Balaban J connectivity index is 2.32. The van der Waals surface area contributed by atoms with Crippen molar-refractivity contribution in [3.63, 3.8) is 0 Å². The summed E-state index contributed by atoms with van der Waals surface area (Å²) >= 11 is 3.40. The lowest BCUT2D eigenvalue weighted by Crippen LogP contribution is -2.25. The molecule has 0 atom stereocenters. The van der Waals surface area contributed by atoms with E-state index in [1.807, 2.05) is 0 Å². The third-order valence-corrected chi connectivity index (χ3v) is 1.60. The first-order valence-electron chi connectivity index (χ1n) is 2.95. The number of hydrogen-bond acceptors (Lipinski definition) is 3. The number of nitrogens with zero attached hydrogens (tertiary/aromatic N) is 1. The van der Waals surface area contributed by atoms with E-state index < -0.39 is 0 Å². The van der Waals surface area contributed by atoms with E-state index >= 15 is 0 Å². The Hall–Kier alpha value is -0.380. The number of rotatable bonds is 0. The zero-order chi connectivity index (χ0) is 6.69. The minimum atomic E-state index is -0.323. The molecule has 1 rings (SSSR count). The average molecular weight is 147 g/mol. The second-order valence-corrected chi connectivity index (χ2v) is 2.23. The van der Waals surface area contributed by atoms with E-state index in [1.165, 1.54) is 0 Å². The summed E-state index contributed by atoms with van der Waals surface area (Å²) in [5, 5.41) is 0. The smallest absolute Gasteiger partial charge is 0.378 e. The summed E-state index contributed by atoms with van der Waals surface area (Å²) in [6.45, 7) is 1.64. The number of carbonyl (C=O) groups is 1. The van der Waals surface area contributed by atoms with Crippen LogP contribution in [0.15, 0.2) is 0 Å². The lowest BCUT2D eigenvalue weighted by molar-refractivity contribution is 0.172. The van der Waals surface area contributed by atoms with Gasteiger partial charge in [0.1, 0.15) is 0 Å². The molecule has 1 amide bonds. The SMILES string of the molecule is O=C(OS)N1CCCC1. The molecule has 52 valence electrons. The standard InChI is InChI=1S/C5H9NO2S/c7-5(8-9)6-3-1-2-4-6/h9H,1-4H2. The molecule has 0 radical (unpaired) electrons. The lowest BCUT2D eigenvalue weighted by atomic mass is 10.4. The van der Waals surface area contributed by atoms with Gasteiger partial charge in [0.2, 0.25) is 0 Å². The van der Waals surface area contributed by atoms with Gasteiger partial charge in [-0.25, -0.2) is 4.79 Å². The van der Waals surface area contributed by atoms with Crippen LogP contribution in [0.25, 0.3) is 0 Å². The molecule has 0 aromatic heterocycles. The van der Waals surface area contributed by atoms with Crippen molar-refractivity contribution in [3.05, 3.63) is 0 Å². The summed E-state index contributed by atoms with van der Waals surface area (Å²) in [6.07, 6.45) is 1.85. The molecule has 4 heteroatoms. The van der Waals surface area contributed by atoms with Crippen LogP contribution < -0.4 is 0 Å². The topological polar surface area (TPSA) is 29.5 Å². The second-order valence-electron chi connectivity index (χ2n) is 2.05. The second kappa shape index (κ2) is 2.96. The summed E-state index contributed by atoms with van der Waals surface area (Å²) in [6, 6.07) is 0. The van der Waals surface area contributed by atoms with Gasteiger partial charge in [0.15, 0.2) is 0 Å². The van der Waals surface area contributed by atoms with Gasteiger partial charge in [0.25, 0.3) is 0 Å². The average Bonchev–Trinajstić information content (AvgIpc) is 2.37. The van der Waals surface area contributed by atoms with Crippen LogP contribution in [-0.4, -0.2) is 24.1 Å². The molecular formula is C5H9NO2S. The molecule has 0 saturated carbocycles. The van der Waals surface area contributed by atoms with E-state index in [1.54, 1.807) is 4.90 Å². The molecule has 1 saturated heterocycles. The first-order valence-corrected chi connectivity index (χ1v) is 3.31. The van der Waals surface area contributed by atoms with Crippen LogP contribution in [0.5, 0.6) is 0 Å². The Labute approximate surface area is 59.6 Å². The zero-order valence-electron chi connectivity index (χ0n) is 5.04. The van der Waals surface area contributed by atoms with Crippen molar-refractivity contribution in [2.45, 2.75) is 12.8 Å². The van der Waals surface area contributed by atoms with Gasteiger partial charge in [-0.2, -0.15) is 0 Å². The fourth-order valence-corrected chi connectivity index (χ4v) is 1.07. The van der Waals surface area contributed by atoms with Crippen LogP contribution in [-0.2, 0) is 4.18 Å². The Morgan fingerprint density at radius 2 is 2.00 bits per heavy atom. The van der Waals surface area contributed by atoms with Gasteiger partial charge < -0.3 is 9.08 Å². The Kier molecular flexibility index (Phi) is 2.22. The normalized spacial score (nSPS) is 18.1. The van der Waals surface area contributed by atoms with Crippen molar-refractivity contribution < 1.29 is 8.98 Å². The van der Waals surface area contributed by atoms with Gasteiger partial charge in [0.05, 0.1) is 0 Å². The Morgan fingerprint density at radius 3 is 2.44 bits per heavy atom. The molecule has 0 spiro atoms. The van der Waals surface area contributed by atoms with Crippen molar-refractivity contribution in [1.82, 2.24) is 4.90 Å². The molecule has 3 nitrogen and oxygen atoms in total. The van der Waals surface area contributed by atoms with Crippen molar-refractivity contribution in [1.29, 1.82) is 0 Å². The predicted molar refractivity (Wildman–Crippen MR) is 36.3 cm³/mol. The molecule has 1 fully saturated rings. The summed E-state index contributed by atoms with van der Waals surface area (Å²) in [4.78, 5) is 12.3. The molecule has 1 heterocycles. The number of carbonyl (C=O) groups excluding carboxylic acids is 1. The molecule has 0 N–H and O–H groups in total. The monoisotopic (exact) mass is 147 g/mol. The molecule has 0 unspecified atom stereocenters. The van der Waals surface area contributed by atoms with E-state index in [0.717, 1.165) is 25.9 Å². The molecule has 0 aliphatic carbocycles. The molecule has 1 aliphatic heterocycles. The maximum absolute atomic E-state index is 10.6. The Morgan fingerprint density at radius 1 is 1.44 bits per heavy atom. The van der Waals surface area contributed by atoms with Crippen LogP contribution in [0, 0.1) is 0 Å². The molecule has 0 aromatic carbocycles. The van der Waals surface area contributed by atoms with E-state index in [4.69, 9.17) is 0 Å². The van der Waals surface area contributed by atoms with Crippen LogP contribution in [0.4, 0.5) is 4.79 Å². The number of thiol groups is 1. The summed E-state index contributed by atoms with van der Waals surface area (Å²) in [5.74, 6) is 0. The van der Waals surface area contributed by atoms with Gasteiger partial charge in [-0.1, -0.05) is 0 Å². The molecule has 9 heavy (non-hydrogen) atoms. The highest BCUT2D eigenvalue weighted by molar-refractivity contribution is 7.75. The van der Waals surface area contributed by atoms with E-state index in [9.17, 15) is 4.79 Å². The van der Waals surface area contributed by atoms with E-state index in [0.29, 0.717) is 0 Å². The maximum atomic E-state index is 10.6. The third-order valence-electron chi connectivity index (χ3n) is 1.44. The van der Waals surface area contributed by atoms with Crippen LogP contribution >= 0.6 is 12.9 Å². The van der Waals surface area contributed by atoms with E-state index in [2.05, 4.69) is 17.1 Å². The van der Waals surface area contributed by atoms with E-state index in [-0.39, 0.29) is 6.09 Å². The molecular weight excluding hydrogens is 138 g/mol. The minimum Gasteiger partial charge on any atom is -0.378 e.